The molecule has 35 heavy (non-hydrogen) atoms. The molecule has 1 aliphatic rings. The molecule has 1 rings (SSSR count). The standard InChI is InChI=1S/C25H45N3O6S/c1-8-9-10-11-20(29)28-21(17(4)5)24(32)26-18(12-13-35(7)33)23(31)27-19(14-16(2)3)22(30)25(6)15-34-25/h16-19,21H,8-15H2,1-7H3,(H,26,32)(H,27,31)(H,28,29)/t18-,19-,21-,25-,35+/m0/s1. The summed E-state index contributed by atoms with van der Waals surface area (Å²) in [4.78, 5) is 51.6. The summed E-state index contributed by atoms with van der Waals surface area (Å²) in [6, 6.07) is -2.54. The van der Waals surface area contributed by atoms with Crippen LogP contribution in [0.3, 0.4) is 0 Å². The number of Topliss-reactive ketones (excluding diaryl/α,β-unsaturated/α-hetero) is 1. The summed E-state index contributed by atoms with van der Waals surface area (Å²) in [5.41, 5.74) is -0.888. The lowest BCUT2D eigenvalue weighted by atomic mass is 9.93. The number of ether oxygens (including phenoxy) is 1. The van der Waals surface area contributed by atoms with E-state index >= 15 is 0 Å². The van der Waals surface area contributed by atoms with Crippen LogP contribution < -0.4 is 16.0 Å². The fraction of sp³-hybridized carbons (Fsp3) is 0.840. The summed E-state index contributed by atoms with van der Waals surface area (Å²) in [6.07, 6.45) is 5.11. The number of nitrogens with one attached hydrogen (secondary N) is 3. The van der Waals surface area contributed by atoms with E-state index in [9.17, 15) is 23.4 Å². The van der Waals surface area contributed by atoms with E-state index in [1.807, 2.05) is 34.6 Å². The summed E-state index contributed by atoms with van der Waals surface area (Å²) in [5, 5.41) is 8.32. The van der Waals surface area contributed by atoms with E-state index in [-0.39, 0.29) is 35.7 Å². The average Bonchev–Trinajstić information content (AvgIpc) is 3.51. The fourth-order valence-electron chi connectivity index (χ4n) is 3.72. The van der Waals surface area contributed by atoms with Crippen LogP contribution in [0.25, 0.3) is 0 Å². The third kappa shape index (κ3) is 11.2. The van der Waals surface area contributed by atoms with Gasteiger partial charge in [0.25, 0.3) is 0 Å². The number of unbranched alkanes of at least 4 members (excludes halogenated alkanes) is 2. The Hall–Kier alpha value is -1.81. The lowest BCUT2D eigenvalue weighted by Crippen LogP contribution is -2.58. The highest BCUT2D eigenvalue weighted by molar-refractivity contribution is 7.84. The van der Waals surface area contributed by atoms with Crippen LogP contribution in [0.2, 0.25) is 0 Å². The number of epoxide rings is 1. The molecular formula is C25H45N3O6S. The molecule has 0 unspecified atom stereocenters. The monoisotopic (exact) mass is 515 g/mol. The van der Waals surface area contributed by atoms with E-state index in [0.717, 1.165) is 19.3 Å². The van der Waals surface area contributed by atoms with E-state index in [2.05, 4.69) is 16.0 Å². The molecule has 3 N–H and O–H groups in total. The van der Waals surface area contributed by atoms with Gasteiger partial charge in [0.15, 0.2) is 5.78 Å². The quantitative estimate of drug-likeness (QED) is 0.200. The Bertz CT molecular complexity index is 766. The molecule has 0 radical (unpaired) electrons. The molecule has 202 valence electrons. The summed E-state index contributed by atoms with van der Waals surface area (Å²) in [7, 11) is -1.17. The van der Waals surface area contributed by atoms with Gasteiger partial charge >= 0.3 is 0 Å². The van der Waals surface area contributed by atoms with Crippen molar-refractivity contribution in [2.24, 2.45) is 11.8 Å². The van der Waals surface area contributed by atoms with Crippen molar-refractivity contribution in [3.05, 3.63) is 0 Å². The minimum atomic E-state index is -1.17. The number of rotatable bonds is 17. The Morgan fingerprint density at radius 2 is 1.57 bits per heavy atom. The SMILES string of the molecule is CCCCCC(=O)N[C@H](C(=O)N[C@@H](CC[S@@](C)=O)C(=O)N[C@@H](CC(C)C)C(=O)[C@]1(C)CO1)C(C)C. The Labute approximate surface area is 212 Å². The molecule has 1 fully saturated rings. The summed E-state index contributed by atoms with van der Waals surface area (Å²) < 4.78 is 17.0. The van der Waals surface area contributed by atoms with Gasteiger partial charge in [0.2, 0.25) is 17.7 Å². The zero-order valence-electron chi connectivity index (χ0n) is 22.4. The molecule has 1 heterocycles. The number of ketones is 1. The van der Waals surface area contributed by atoms with Crippen molar-refractivity contribution in [2.75, 3.05) is 18.6 Å². The summed E-state index contributed by atoms with van der Waals surface area (Å²) in [5.74, 6) is -1.23. The van der Waals surface area contributed by atoms with Gasteiger partial charge in [0.05, 0.1) is 12.6 Å². The van der Waals surface area contributed by atoms with Crippen molar-refractivity contribution in [1.82, 2.24) is 16.0 Å². The maximum atomic E-state index is 13.2. The van der Waals surface area contributed by atoms with Gasteiger partial charge in [0, 0.05) is 29.2 Å². The number of hydrogen-bond donors (Lipinski definition) is 3. The Balaban J connectivity index is 2.95. The van der Waals surface area contributed by atoms with Gasteiger partial charge < -0.3 is 20.7 Å². The zero-order valence-corrected chi connectivity index (χ0v) is 23.2. The number of carbonyl (C=O) groups excluding carboxylic acids is 4. The van der Waals surface area contributed by atoms with Crippen molar-refractivity contribution in [1.29, 1.82) is 0 Å². The largest absolute Gasteiger partial charge is 0.361 e. The Morgan fingerprint density at radius 3 is 2.06 bits per heavy atom. The molecule has 0 bridgehead atoms. The van der Waals surface area contributed by atoms with E-state index in [1.54, 1.807) is 6.92 Å². The first-order valence-electron chi connectivity index (χ1n) is 12.7. The lowest BCUT2D eigenvalue weighted by molar-refractivity contribution is -0.135. The highest BCUT2D eigenvalue weighted by Crippen LogP contribution is 2.29. The molecule has 0 aromatic rings. The number of hydrogen-bond acceptors (Lipinski definition) is 6. The predicted molar refractivity (Wildman–Crippen MR) is 137 cm³/mol. The van der Waals surface area contributed by atoms with Gasteiger partial charge in [-0.2, -0.15) is 0 Å². The first-order chi connectivity index (χ1) is 16.3. The zero-order chi connectivity index (χ0) is 26.8. The normalized spacial score (nSPS) is 20.6. The summed E-state index contributed by atoms with van der Waals surface area (Å²) >= 11 is 0. The minimum Gasteiger partial charge on any atom is -0.361 e. The molecule has 0 saturated carbocycles. The molecule has 3 amide bonds. The maximum absolute atomic E-state index is 13.2. The lowest BCUT2D eigenvalue weighted by Gasteiger charge is -2.27. The van der Waals surface area contributed by atoms with Crippen molar-refractivity contribution in [2.45, 2.75) is 104 Å². The third-order valence-corrected chi connectivity index (χ3v) is 6.85. The van der Waals surface area contributed by atoms with Gasteiger partial charge in [-0.1, -0.05) is 47.5 Å². The first kappa shape index (κ1) is 31.2. The molecule has 0 aromatic carbocycles. The highest BCUT2D eigenvalue weighted by atomic mass is 32.2. The van der Waals surface area contributed by atoms with Gasteiger partial charge in [-0.3, -0.25) is 23.4 Å². The van der Waals surface area contributed by atoms with Gasteiger partial charge in [-0.05, 0) is 38.0 Å². The molecule has 10 heteroatoms. The second-order valence-electron chi connectivity index (χ2n) is 10.4. The molecule has 5 atom stereocenters. The Kier molecular flexibility index (Phi) is 13.1. The van der Waals surface area contributed by atoms with Crippen LogP contribution in [0, 0.1) is 11.8 Å². The second-order valence-corrected chi connectivity index (χ2v) is 12.0. The van der Waals surface area contributed by atoms with E-state index in [4.69, 9.17) is 4.74 Å². The van der Waals surface area contributed by atoms with Crippen LogP contribution in [0.1, 0.15) is 80.1 Å². The third-order valence-electron chi connectivity index (χ3n) is 6.04. The first-order valence-corrected chi connectivity index (χ1v) is 14.4. The molecule has 0 aromatic heterocycles. The van der Waals surface area contributed by atoms with Crippen LogP contribution in [0.15, 0.2) is 0 Å². The molecule has 0 spiro atoms. The predicted octanol–water partition coefficient (Wildman–Crippen LogP) is 1.85. The van der Waals surface area contributed by atoms with E-state index in [0.29, 0.717) is 19.4 Å². The number of carbonyl (C=O) groups is 4. The topological polar surface area (TPSA) is 134 Å². The maximum Gasteiger partial charge on any atom is 0.243 e. The van der Waals surface area contributed by atoms with Crippen LogP contribution >= 0.6 is 0 Å². The fourth-order valence-corrected chi connectivity index (χ4v) is 4.29. The van der Waals surface area contributed by atoms with Crippen molar-refractivity contribution < 1.29 is 28.1 Å². The average molecular weight is 516 g/mol. The molecule has 1 saturated heterocycles. The van der Waals surface area contributed by atoms with Gasteiger partial charge in [0.1, 0.15) is 17.7 Å². The van der Waals surface area contributed by atoms with E-state index in [1.165, 1.54) is 6.26 Å². The van der Waals surface area contributed by atoms with Crippen molar-refractivity contribution in [3.63, 3.8) is 0 Å². The van der Waals surface area contributed by atoms with Crippen LogP contribution in [0.5, 0.6) is 0 Å². The van der Waals surface area contributed by atoms with Crippen LogP contribution in [0.4, 0.5) is 0 Å². The van der Waals surface area contributed by atoms with Gasteiger partial charge in [-0.15, -0.1) is 0 Å². The van der Waals surface area contributed by atoms with Crippen LogP contribution in [-0.2, 0) is 34.7 Å². The molecule has 9 nitrogen and oxygen atoms in total. The number of amides is 3. The second kappa shape index (κ2) is 14.7. The van der Waals surface area contributed by atoms with Crippen molar-refractivity contribution in [3.8, 4) is 0 Å². The molecule has 1 aliphatic heterocycles. The highest BCUT2D eigenvalue weighted by Gasteiger charge is 2.50. The van der Waals surface area contributed by atoms with Gasteiger partial charge in [-0.25, -0.2) is 0 Å². The molecule has 0 aliphatic carbocycles. The Morgan fingerprint density at radius 1 is 0.971 bits per heavy atom. The van der Waals surface area contributed by atoms with E-state index < -0.39 is 46.3 Å². The van der Waals surface area contributed by atoms with Crippen LogP contribution in [-0.4, -0.2) is 70.1 Å². The van der Waals surface area contributed by atoms with Crippen molar-refractivity contribution >= 4 is 34.3 Å². The molecular weight excluding hydrogens is 470 g/mol. The minimum absolute atomic E-state index is 0.145. The smallest absolute Gasteiger partial charge is 0.243 e. The summed E-state index contributed by atoms with van der Waals surface area (Å²) in [6.45, 7) is 11.6.